The van der Waals surface area contributed by atoms with Crippen molar-refractivity contribution < 1.29 is 22.4 Å². The maximum Gasteiger partial charge on any atom is 0.416 e. The molecule has 190 valence electrons. The Balaban J connectivity index is 1.47. The number of nitrogens with one attached hydrogen (secondary N) is 1. The second kappa shape index (κ2) is 9.77. The Morgan fingerprint density at radius 1 is 1.03 bits per heavy atom. The maximum atomic E-state index is 14.1. The first-order valence-corrected chi connectivity index (χ1v) is 12.0. The molecule has 1 fully saturated rings. The van der Waals surface area contributed by atoms with Crippen molar-refractivity contribution in [3.63, 3.8) is 0 Å². The van der Waals surface area contributed by atoms with Crippen LogP contribution < -0.4 is 15.1 Å². The summed E-state index contributed by atoms with van der Waals surface area (Å²) < 4.78 is 54.4. The second-order valence-corrected chi connectivity index (χ2v) is 9.30. The molecule has 1 amide bonds. The number of hydrogen-bond donors (Lipinski definition) is 1. The molecule has 3 aromatic rings. The number of nitrogens with zero attached hydrogens (tertiary/aromatic N) is 3. The largest absolute Gasteiger partial charge is 0.416 e. The van der Waals surface area contributed by atoms with E-state index < -0.39 is 23.5 Å². The first-order chi connectivity index (χ1) is 17.8. The Bertz CT molecular complexity index is 1370. The number of para-hydroxylation sites is 1. The van der Waals surface area contributed by atoms with Gasteiger partial charge in [0.2, 0.25) is 5.91 Å². The number of anilines is 2. The SMILES string of the molecule is N#Cc1ccccc1N1CCN2c3ccc(C(F)(F)F)cc3CC(C(=O)NCc3ccccc3F)C2C1. The number of nitriles is 1. The van der Waals surface area contributed by atoms with E-state index in [-0.39, 0.29) is 24.9 Å². The van der Waals surface area contributed by atoms with Gasteiger partial charge in [0.1, 0.15) is 11.9 Å². The van der Waals surface area contributed by atoms with E-state index in [0.717, 1.165) is 17.8 Å². The molecule has 0 aliphatic carbocycles. The van der Waals surface area contributed by atoms with Crippen molar-refractivity contribution >= 4 is 17.3 Å². The van der Waals surface area contributed by atoms with Crippen LogP contribution in [0, 0.1) is 23.1 Å². The number of carbonyl (C=O) groups excluding carboxylic acids is 1. The van der Waals surface area contributed by atoms with Gasteiger partial charge in [-0.15, -0.1) is 0 Å². The van der Waals surface area contributed by atoms with Crippen molar-refractivity contribution in [3.05, 3.63) is 94.8 Å². The highest BCUT2D eigenvalue weighted by atomic mass is 19.4. The van der Waals surface area contributed by atoms with Crippen molar-refractivity contribution in [1.82, 2.24) is 5.32 Å². The molecule has 37 heavy (non-hydrogen) atoms. The Hall–Kier alpha value is -4.06. The summed E-state index contributed by atoms with van der Waals surface area (Å²) in [6, 6.07) is 18.9. The second-order valence-electron chi connectivity index (χ2n) is 9.30. The third-order valence-corrected chi connectivity index (χ3v) is 7.15. The third kappa shape index (κ3) is 4.84. The predicted octanol–water partition coefficient (Wildman–Crippen LogP) is 4.90. The summed E-state index contributed by atoms with van der Waals surface area (Å²) in [5, 5.41) is 12.4. The molecular weight excluding hydrogens is 484 g/mol. The molecule has 0 saturated carbocycles. The molecule has 1 N–H and O–H groups in total. The lowest BCUT2D eigenvalue weighted by Gasteiger charge is -2.49. The van der Waals surface area contributed by atoms with Gasteiger partial charge in [-0.05, 0) is 48.4 Å². The number of alkyl halides is 3. The van der Waals surface area contributed by atoms with E-state index in [0.29, 0.717) is 42.0 Å². The molecule has 2 heterocycles. The molecule has 9 heteroatoms. The fourth-order valence-electron chi connectivity index (χ4n) is 5.32. The van der Waals surface area contributed by atoms with Gasteiger partial charge < -0.3 is 15.1 Å². The van der Waals surface area contributed by atoms with Crippen LogP contribution in [0.5, 0.6) is 0 Å². The van der Waals surface area contributed by atoms with Crippen molar-refractivity contribution in [2.75, 3.05) is 29.4 Å². The summed E-state index contributed by atoms with van der Waals surface area (Å²) in [6.07, 6.45) is -4.37. The molecular formula is C28H24F4N4O. The number of piperazine rings is 1. The minimum atomic E-state index is -4.49. The molecule has 0 radical (unpaired) electrons. The van der Waals surface area contributed by atoms with E-state index in [1.165, 1.54) is 12.1 Å². The van der Waals surface area contributed by atoms with Gasteiger partial charge in [0.05, 0.1) is 28.8 Å². The fraction of sp³-hybridized carbons (Fsp3) is 0.286. The summed E-state index contributed by atoms with van der Waals surface area (Å²) in [7, 11) is 0. The average Bonchev–Trinajstić information content (AvgIpc) is 2.90. The zero-order chi connectivity index (χ0) is 26.2. The normalized spacial score (nSPS) is 19.0. The van der Waals surface area contributed by atoms with Crippen LogP contribution in [0.25, 0.3) is 0 Å². The third-order valence-electron chi connectivity index (χ3n) is 7.15. The standard InChI is InChI=1S/C28H24F4N4O/c29-23-7-3-1-6-19(23)16-34-27(37)22-14-20-13-21(28(30,31)32)9-10-25(20)36-12-11-35(17-26(22)36)24-8-4-2-5-18(24)15-33/h1-10,13,22,26H,11-12,14,16-17H2,(H,34,37). The highest BCUT2D eigenvalue weighted by Gasteiger charge is 2.43. The number of benzene rings is 3. The summed E-state index contributed by atoms with van der Waals surface area (Å²) in [5.74, 6) is -1.46. The number of halogens is 4. The first-order valence-electron chi connectivity index (χ1n) is 12.0. The van der Waals surface area contributed by atoms with E-state index in [4.69, 9.17) is 0 Å². The van der Waals surface area contributed by atoms with Crippen LogP contribution >= 0.6 is 0 Å². The Labute approximate surface area is 211 Å². The molecule has 2 unspecified atom stereocenters. The smallest absolute Gasteiger partial charge is 0.367 e. The monoisotopic (exact) mass is 508 g/mol. The molecule has 2 aliphatic heterocycles. The quantitative estimate of drug-likeness (QED) is 0.510. The number of fused-ring (bicyclic) bond motifs is 3. The number of rotatable bonds is 4. The lowest BCUT2D eigenvalue weighted by Crippen LogP contribution is -2.61. The molecule has 0 bridgehead atoms. The van der Waals surface area contributed by atoms with Gasteiger partial charge in [0.15, 0.2) is 0 Å². The van der Waals surface area contributed by atoms with Crippen LogP contribution in [-0.2, 0) is 23.9 Å². The van der Waals surface area contributed by atoms with Gasteiger partial charge in [-0.3, -0.25) is 4.79 Å². The molecule has 5 rings (SSSR count). The average molecular weight is 509 g/mol. The van der Waals surface area contributed by atoms with Gasteiger partial charge in [0, 0.05) is 37.4 Å². The van der Waals surface area contributed by atoms with E-state index in [2.05, 4.69) is 11.4 Å². The van der Waals surface area contributed by atoms with Gasteiger partial charge >= 0.3 is 6.18 Å². The van der Waals surface area contributed by atoms with Crippen LogP contribution in [0.1, 0.15) is 22.3 Å². The van der Waals surface area contributed by atoms with Crippen LogP contribution in [0.3, 0.4) is 0 Å². The van der Waals surface area contributed by atoms with Crippen LogP contribution in [0.15, 0.2) is 66.7 Å². The highest BCUT2D eigenvalue weighted by molar-refractivity contribution is 5.82. The van der Waals surface area contributed by atoms with Gasteiger partial charge in [-0.1, -0.05) is 30.3 Å². The fourth-order valence-corrected chi connectivity index (χ4v) is 5.32. The van der Waals surface area contributed by atoms with E-state index in [1.54, 1.807) is 30.3 Å². The summed E-state index contributed by atoms with van der Waals surface area (Å²) in [5.41, 5.74) is 2.00. The van der Waals surface area contributed by atoms with Gasteiger partial charge in [-0.2, -0.15) is 18.4 Å². The molecule has 3 aromatic carbocycles. The maximum absolute atomic E-state index is 14.1. The molecule has 5 nitrogen and oxygen atoms in total. The molecule has 0 spiro atoms. The molecule has 2 aliphatic rings. The molecule has 2 atom stereocenters. The molecule has 0 aromatic heterocycles. The van der Waals surface area contributed by atoms with Crippen molar-refractivity contribution in [1.29, 1.82) is 5.26 Å². The minimum Gasteiger partial charge on any atom is -0.367 e. The van der Waals surface area contributed by atoms with Gasteiger partial charge in [0.25, 0.3) is 0 Å². The number of carbonyl (C=O) groups is 1. The van der Waals surface area contributed by atoms with E-state index >= 15 is 0 Å². The first kappa shape index (κ1) is 24.6. The zero-order valence-corrected chi connectivity index (χ0v) is 19.8. The summed E-state index contributed by atoms with van der Waals surface area (Å²) in [6.45, 7) is 1.40. The minimum absolute atomic E-state index is 0.0227. The lowest BCUT2D eigenvalue weighted by atomic mass is 9.82. The predicted molar refractivity (Wildman–Crippen MR) is 131 cm³/mol. The van der Waals surface area contributed by atoms with Crippen LogP contribution in [0.2, 0.25) is 0 Å². The Kier molecular flexibility index (Phi) is 6.50. The summed E-state index contributed by atoms with van der Waals surface area (Å²) >= 11 is 0. The zero-order valence-electron chi connectivity index (χ0n) is 19.8. The Morgan fingerprint density at radius 3 is 2.54 bits per heavy atom. The lowest BCUT2D eigenvalue weighted by molar-refractivity contribution is -0.137. The van der Waals surface area contributed by atoms with Crippen LogP contribution in [-0.4, -0.2) is 31.6 Å². The molecule has 1 saturated heterocycles. The van der Waals surface area contributed by atoms with E-state index in [9.17, 15) is 27.6 Å². The van der Waals surface area contributed by atoms with Crippen LogP contribution in [0.4, 0.5) is 28.9 Å². The topological polar surface area (TPSA) is 59.4 Å². The van der Waals surface area contributed by atoms with Crippen molar-refractivity contribution in [2.45, 2.75) is 25.2 Å². The van der Waals surface area contributed by atoms with E-state index in [1.807, 2.05) is 21.9 Å². The summed E-state index contributed by atoms with van der Waals surface area (Å²) in [4.78, 5) is 17.5. The number of amides is 1. The van der Waals surface area contributed by atoms with Crippen molar-refractivity contribution in [2.24, 2.45) is 5.92 Å². The number of hydrogen-bond acceptors (Lipinski definition) is 4. The van der Waals surface area contributed by atoms with Crippen molar-refractivity contribution in [3.8, 4) is 6.07 Å². The highest BCUT2D eigenvalue weighted by Crippen LogP contribution is 2.40. The van der Waals surface area contributed by atoms with Gasteiger partial charge in [-0.25, -0.2) is 4.39 Å². The Morgan fingerprint density at radius 2 is 1.78 bits per heavy atom.